The van der Waals surface area contributed by atoms with E-state index in [9.17, 15) is 14.7 Å². The Morgan fingerprint density at radius 3 is 1.78 bits per heavy atom. The molecule has 0 fully saturated rings. The summed E-state index contributed by atoms with van der Waals surface area (Å²) in [6.45, 7) is 19.9. The molecule has 0 radical (unpaired) electrons. The smallest absolute Gasteiger partial charge is 0.251 e. The molecule has 1 aromatic heterocycles. The summed E-state index contributed by atoms with van der Waals surface area (Å²) in [7, 11) is 1.57. The van der Waals surface area contributed by atoms with Gasteiger partial charge in [-0.05, 0) is 150 Å². The minimum atomic E-state index is -0.256. The van der Waals surface area contributed by atoms with Crippen molar-refractivity contribution in [2.75, 3.05) is 37.9 Å². The van der Waals surface area contributed by atoms with Crippen LogP contribution in [0.1, 0.15) is 172 Å². The van der Waals surface area contributed by atoms with Crippen LogP contribution in [0, 0.1) is 6.92 Å². The minimum absolute atomic E-state index is 0.0304. The molecule has 0 aliphatic heterocycles. The number of nitrogens with two attached hydrogens (primary N) is 1. The number of carbonyl (C=O) groups is 2. The van der Waals surface area contributed by atoms with E-state index in [2.05, 4.69) is 118 Å². The molecule has 0 unspecified atom stereocenters. The number of nitrogens with one attached hydrogen (secondary N) is 3. The molecular weight excluding hydrogens is 785 g/mol. The monoisotopic (exact) mass is 867 g/mol. The zero-order valence-electron chi connectivity index (χ0n) is 40.6. The van der Waals surface area contributed by atoms with Gasteiger partial charge in [-0.1, -0.05) is 89.3 Å². The average Bonchev–Trinajstić information content (AvgIpc) is 3.23. The van der Waals surface area contributed by atoms with Crippen molar-refractivity contribution >= 4 is 23.6 Å². The second kappa shape index (κ2) is 31.0. The summed E-state index contributed by atoms with van der Waals surface area (Å²) >= 11 is 0. The largest absolute Gasteiger partial charge is 0.496 e. The van der Waals surface area contributed by atoms with Crippen molar-refractivity contribution in [3.63, 3.8) is 0 Å². The predicted molar refractivity (Wildman–Crippen MR) is 265 cm³/mol. The molecule has 348 valence electrons. The van der Waals surface area contributed by atoms with Crippen molar-refractivity contribution in [3.8, 4) is 5.75 Å². The molecule has 1 heterocycles. The van der Waals surface area contributed by atoms with Gasteiger partial charge in [0, 0.05) is 42.8 Å². The summed E-state index contributed by atoms with van der Waals surface area (Å²) in [5.41, 5.74) is 17.3. The van der Waals surface area contributed by atoms with Gasteiger partial charge in [-0.25, -0.2) is 4.98 Å². The molecule has 2 amide bonds. The number of hydrogen-bond donors (Lipinski definition) is 5. The van der Waals surface area contributed by atoms with Crippen molar-refractivity contribution in [2.45, 2.75) is 165 Å². The lowest BCUT2D eigenvalue weighted by Crippen LogP contribution is -2.34. The normalized spacial score (nSPS) is 13.2. The van der Waals surface area contributed by atoms with Crippen molar-refractivity contribution in [2.24, 2.45) is 0 Å². The number of anilines is 2. The summed E-state index contributed by atoms with van der Waals surface area (Å²) in [6, 6.07) is 5.16. The van der Waals surface area contributed by atoms with Crippen LogP contribution in [-0.2, 0) is 11.2 Å². The molecule has 0 aliphatic rings. The average molecular weight is 867 g/mol. The standard InChI is InChI=1S/C53H82N6O4/c1-11-18-47(37-60)58-51-48(44(9)57-53(54)59-51)35-45-30-31-46(36-49(45)63-10)52(62)56-34-33-55-50(61)32-29-43(8)28-17-27-42(7)26-16-24-40(5)21-13-12-20-39(4)23-15-25-41(6)22-14-19-38(2)3/h19-21,25-26,28,30-31,36,47,60H,11-18,22-24,27,29,32-35,37H2,1-10H3,(H,55,61)(H,56,62)(H3,54,57,58,59)/b39-20+,40-21+,41-25+,42-26+,43-28+/t47-/m0/s1. The maximum absolute atomic E-state index is 13.0. The molecule has 2 aromatic rings. The second-order valence-corrected chi connectivity index (χ2v) is 17.4. The number of unbranched alkanes of at least 4 members (excludes halogenated alkanes) is 1. The number of carbonyl (C=O) groups excluding carboxylic acids is 2. The number of aliphatic hydroxyl groups is 1. The molecule has 0 spiro atoms. The third-order valence-corrected chi connectivity index (χ3v) is 11.2. The maximum atomic E-state index is 13.0. The fourth-order valence-electron chi connectivity index (χ4n) is 7.20. The first kappa shape index (κ1) is 54.2. The van der Waals surface area contributed by atoms with E-state index >= 15 is 0 Å². The van der Waals surface area contributed by atoms with Crippen LogP contribution < -0.4 is 26.4 Å². The maximum Gasteiger partial charge on any atom is 0.251 e. The van der Waals surface area contributed by atoms with Gasteiger partial charge < -0.3 is 31.5 Å². The fourth-order valence-corrected chi connectivity index (χ4v) is 7.20. The van der Waals surface area contributed by atoms with E-state index < -0.39 is 0 Å². The van der Waals surface area contributed by atoms with Crippen LogP contribution in [0.3, 0.4) is 0 Å². The lowest BCUT2D eigenvalue weighted by molar-refractivity contribution is -0.121. The number of nitrogen functional groups attached to an aromatic ring is 1. The molecule has 6 N–H and O–H groups in total. The molecular formula is C53H82N6O4. The van der Waals surface area contributed by atoms with Crippen molar-refractivity contribution < 1.29 is 19.4 Å². The molecule has 1 aromatic carbocycles. The number of aliphatic hydroxyl groups excluding tert-OH is 1. The van der Waals surface area contributed by atoms with Gasteiger partial charge in [-0.2, -0.15) is 4.98 Å². The lowest BCUT2D eigenvalue weighted by atomic mass is 10.0. The van der Waals surface area contributed by atoms with Gasteiger partial charge in [-0.15, -0.1) is 0 Å². The van der Waals surface area contributed by atoms with E-state index in [-0.39, 0.29) is 30.4 Å². The summed E-state index contributed by atoms with van der Waals surface area (Å²) in [6.07, 6.45) is 28.4. The van der Waals surface area contributed by atoms with E-state index in [1.807, 2.05) is 13.0 Å². The first-order valence-corrected chi connectivity index (χ1v) is 23.3. The highest BCUT2D eigenvalue weighted by Crippen LogP contribution is 2.28. The number of amides is 2. The number of aryl methyl sites for hydroxylation is 1. The van der Waals surface area contributed by atoms with Gasteiger partial charge in [0.15, 0.2) is 0 Å². The summed E-state index contributed by atoms with van der Waals surface area (Å²) < 4.78 is 5.68. The zero-order chi connectivity index (χ0) is 46.6. The van der Waals surface area contributed by atoms with Crippen LogP contribution in [0.4, 0.5) is 11.8 Å². The van der Waals surface area contributed by atoms with E-state index in [0.717, 1.165) is 93.9 Å². The molecule has 10 nitrogen and oxygen atoms in total. The molecule has 0 saturated heterocycles. The number of ether oxygens (including phenoxy) is 1. The van der Waals surface area contributed by atoms with Crippen LogP contribution >= 0.6 is 0 Å². The van der Waals surface area contributed by atoms with Crippen molar-refractivity contribution in [1.29, 1.82) is 0 Å². The molecule has 0 saturated carbocycles. The van der Waals surface area contributed by atoms with Gasteiger partial charge >= 0.3 is 0 Å². The highest BCUT2D eigenvalue weighted by Gasteiger charge is 2.18. The number of rotatable bonds is 30. The van der Waals surface area contributed by atoms with E-state index in [1.165, 1.54) is 33.4 Å². The Bertz CT molecular complexity index is 1920. The molecule has 63 heavy (non-hydrogen) atoms. The number of allylic oxidation sites excluding steroid dienone is 12. The Morgan fingerprint density at radius 2 is 1.25 bits per heavy atom. The Balaban J connectivity index is 1.69. The number of nitrogens with zero attached hydrogens (tertiary/aromatic N) is 2. The van der Waals surface area contributed by atoms with Crippen LogP contribution in [0.15, 0.2) is 88.1 Å². The number of aromatic nitrogens is 2. The first-order valence-electron chi connectivity index (χ1n) is 23.3. The van der Waals surface area contributed by atoms with Crippen LogP contribution in [0.25, 0.3) is 0 Å². The van der Waals surface area contributed by atoms with E-state index in [4.69, 9.17) is 10.5 Å². The summed E-state index contributed by atoms with van der Waals surface area (Å²) in [4.78, 5) is 34.4. The minimum Gasteiger partial charge on any atom is -0.496 e. The fraction of sp³-hybridized carbons (Fsp3) is 0.547. The van der Waals surface area contributed by atoms with Crippen molar-refractivity contribution in [3.05, 3.63) is 110 Å². The SMILES string of the molecule is CCC[C@@H](CO)Nc1nc(N)nc(C)c1Cc1ccc(C(=O)NCCNC(=O)CC/C(C)=C/CC/C(C)=C/CC/C(C)=C/CC/C=C(\C)CC/C=C(\C)CCC=C(C)C)cc1OC. The van der Waals surface area contributed by atoms with Gasteiger partial charge in [0.1, 0.15) is 11.6 Å². The molecule has 0 bridgehead atoms. The highest BCUT2D eigenvalue weighted by molar-refractivity contribution is 5.94. The number of benzene rings is 1. The van der Waals surface area contributed by atoms with E-state index in [0.29, 0.717) is 49.5 Å². The number of hydrogen-bond acceptors (Lipinski definition) is 8. The van der Waals surface area contributed by atoms with Gasteiger partial charge in [0.25, 0.3) is 5.91 Å². The molecule has 0 aliphatic carbocycles. The third kappa shape index (κ3) is 23.3. The Labute approximate surface area is 381 Å². The Hall–Kier alpha value is -4.96. The summed E-state index contributed by atoms with van der Waals surface area (Å²) in [5.74, 6) is 0.998. The van der Waals surface area contributed by atoms with Crippen LogP contribution in [-0.4, -0.2) is 59.7 Å². The quantitative estimate of drug-likeness (QED) is 0.0384. The van der Waals surface area contributed by atoms with Crippen LogP contribution in [0.2, 0.25) is 0 Å². The zero-order valence-corrected chi connectivity index (χ0v) is 40.6. The van der Waals surface area contributed by atoms with Gasteiger partial charge in [0.2, 0.25) is 11.9 Å². The Morgan fingerprint density at radius 1 is 0.730 bits per heavy atom. The molecule has 1 atom stereocenters. The molecule has 2 rings (SSSR count). The topological polar surface area (TPSA) is 151 Å². The second-order valence-electron chi connectivity index (χ2n) is 17.4. The third-order valence-electron chi connectivity index (χ3n) is 11.2. The highest BCUT2D eigenvalue weighted by atomic mass is 16.5. The first-order chi connectivity index (χ1) is 30.1. The van der Waals surface area contributed by atoms with Gasteiger partial charge in [0.05, 0.1) is 19.8 Å². The van der Waals surface area contributed by atoms with E-state index in [1.54, 1.807) is 19.2 Å². The van der Waals surface area contributed by atoms with Gasteiger partial charge in [-0.3, -0.25) is 9.59 Å². The lowest BCUT2D eigenvalue weighted by Gasteiger charge is -2.20. The Kier molecular flexibility index (Phi) is 26.6. The predicted octanol–water partition coefficient (Wildman–Crippen LogP) is 11.8. The number of methoxy groups -OCH3 is 1. The summed E-state index contributed by atoms with van der Waals surface area (Å²) in [5, 5.41) is 19.0. The van der Waals surface area contributed by atoms with Crippen molar-refractivity contribution in [1.82, 2.24) is 20.6 Å². The molecule has 10 heteroatoms. The van der Waals surface area contributed by atoms with Crippen LogP contribution in [0.5, 0.6) is 5.75 Å².